The molecular formula is C25H47N3O5S. The number of aryl methyl sites for hydroxylation is 1. The van der Waals surface area contributed by atoms with E-state index < -0.39 is 27.1 Å². The van der Waals surface area contributed by atoms with Crippen molar-refractivity contribution in [2.45, 2.75) is 90.7 Å². The molecule has 0 saturated carbocycles. The smallest absolute Gasteiger partial charge is 0.323 e. The molecule has 198 valence electrons. The molecule has 1 aliphatic heterocycles. The van der Waals surface area contributed by atoms with E-state index in [9.17, 15) is 13.2 Å². The monoisotopic (exact) mass is 501 g/mol. The van der Waals surface area contributed by atoms with Crippen molar-refractivity contribution in [2.75, 3.05) is 13.2 Å². The zero-order valence-electron chi connectivity index (χ0n) is 22.6. The van der Waals surface area contributed by atoms with Crippen molar-refractivity contribution in [1.82, 2.24) is 4.31 Å². The third-order valence-electron chi connectivity index (χ3n) is 7.10. The number of aliphatic hydroxyl groups excluding tert-OH is 1. The van der Waals surface area contributed by atoms with Crippen LogP contribution in [0.25, 0.3) is 0 Å². The number of sulfonamides is 1. The van der Waals surface area contributed by atoms with E-state index in [0.717, 1.165) is 5.56 Å². The lowest BCUT2D eigenvalue weighted by Gasteiger charge is -2.25. The zero-order valence-corrected chi connectivity index (χ0v) is 23.4. The quantitative estimate of drug-likeness (QED) is 0.419. The minimum absolute atomic E-state index is 0.0324. The second kappa shape index (κ2) is 11.9. The number of carbonyl (C=O) groups is 1. The van der Waals surface area contributed by atoms with Crippen LogP contribution in [-0.2, 0) is 14.8 Å². The number of aliphatic hydroxyl groups is 1. The van der Waals surface area contributed by atoms with E-state index in [-0.39, 0.29) is 18.1 Å². The molecule has 4 atom stereocenters. The van der Waals surface area contributed by atoms with E-state index in [1.807, 2.05) is 46.8 Å². The van der Waals surface area contributed by atoms with Crippen molar-refractivity contribution < 1.29 is 23.4 Å². The molecule has 1 heterocycles. The summed E-state index contributed by atoms with van der Waals surface area (Å²) in [5, 5.41) is 17.1. The third-order valence-corrected chi connectivity index (χ3v) is 9.10. The number of hydrogen-bond acceptors (Lipinski definition) is 6. The molecule has 0 aromatic heterocycles. The Hall–Kier alpha value is -1.52. The van der Waals surface area contributed by atoms with Gasteiger partial charge in [-0.2, -0.15) is 4.31 Å². The normalized spacial score (nSPS) is 23.2. The van der Waals surface area contributed by atoms with Crippen LogP contribution in [0, 0.1) is 24.7 Å². The molecule has 0 spiro atoms. The Bertz CT molecular complexity index is 894. The van der Waals surface area contributed by atoms with E-state index in [1.54, 1.807) is 30.3 Å². The van der Waals surface area contributed by atoms with Gasteiger partial charge < -0.3 is 21.7 Å². The number of carboxylic acid groups (broad SMARTS) is 1. The lowest BCUT2D eigenvalue weighted by molar-refractivity contribution is -0.144. The predicted octanol–water partition coefficient (Wildman–Crippen LogP) is 3.21. The van der Waals surface area contributed by atoms with Crippen LogP contribution in [0.5, 0.6) is 0 Å². The first-order chi connectivity index (χ1) is 15.2. The summed E-state index contributed by atoms with van der Waals surface area (Å²) >= 11 is 0. The van der Waals surface area contributed by atoms with Crippen LogP contribution in [0.4, 0.5) is 0 Å². The summed E-state index contributed by atoms with van der Waals surface area (Å²) in [6, 6.07) is 7.04. The maximum Gasteiger partial charge on any atom is 0.323 e. The van der Waals surface area contributed by atoms with Crippen LogP contribution >= 0.6 is 0 Å². The molecular weight excluding hydrogens is 454 g/mol. The van der Waals surface area contributed by atoms with Crippen LogP contribution in [0.1, 0.15) is 67.9 Å². The van der Waals surface area contributed by atoms with Gasteiger partial charge in [-0.3, -0.25) is 4.79 Å². The minimum Gasteiger partial charge on any atom is -0.480 e. The average Bonchev–Trinajstić information content (AvgIpc) is 3.43. The van der Waals surface area contributed by atoms with Gasteiger partial charge in [0.2, 0.25) is 10.0 Å². The molecule has 8 nitrogen and oxygen atoms in total. The fourth-order valence-electron chi connectivity index (χ4n) is 2.35. The molecule has 9 heteroatoms. The molecule has 1 saturated heterocycles. The number of rotatable bonds is 7. The first-order valence-corrected chi connectivity index (χ1v) is 13.1. The zero-order chi connectivity index (χ0) is 27.3. The van der Waals surface area contributed by atoms with Gasteiger partial charge in [0, 0.05) is 17.6 Å². The van der Waals surface area contributed by atoms with Crippen LogP contribution in [0.2, 0.25) is 0 Å². The largest absolute Gasteiger partial charge is 0.480 e. The summed E-state index contributed by atoms with van der Waals surface area (Å²) < 4.78 is 26.3. The van der Waals surface area contributed by atoms with Crippen LogP contribution in [-0.4, -0.2) is 58.7 Å². The Morgan fingerprint density at radius 2 is 1.50 bits per heavy atom. The van der Waals surface area contributed by atoms with Gasteiger partial charge in [0.15, 0.2) is 0 Å². The van der Waals surface area contributed by atoms with Crippen molar-refractivity contribution in [3.8, 4) is 0 Å². The number of nitrogens with two attached hydrogens (primary N) is 2. The maximum absolute atomic E-state index is 12.4. The highest BCUT2D eigenvalue weighted by Gasteiger charge is 2.57. The van der Waals surface area contributed by atoms with Gasteiger partial charge in [-0.1, -0.05) is 59.2 Å². The van der Waals surface area contributed by atoms with Gasteiger partial charge in [-0.25, -0.2) is 8.42 Å². The standard InChI is InChI=1S/C13H19NO2S.C6H13NO2.C6H15NO/c1-10(2)13(4)9-14(13)17(15,16)12-7-5-11(3)6-8-12;1-4(2)6(3,7)5(8)9;1-5(2)6(3,7)4-8/h5-8,10H,9H2,1-4H3;4H,7H2,1-3H3,(H,8,9);5,8H,4,7H2,1-3H3/t13-,14?;2*6-/m101/s1. The Morgan fingerprint density at radius 1 is 1.06 bits per heavy atom. The first-order valence-electron chi connectivity index (χ1n) is 11.7. The number of benzene rings is 1. The summed E-state index contributed by atoms with van der Waals surface area (Å²) in [4.78, 5) is 10.7. The van der Waals surface area contributed by atoms with Crippen LogP contribution in [0.3, 0.4) is 0 Å². The molecule has 0 aliphatic carbocycles. The van der Waals surface area contributed by atoms with Gasteiger partial charge in [-0.05, 0) is 57.6 Å². The van der Waals surface area contributed by atoms with Crippen molar-refractivity contribution in [2.24, 2.45) is 29.2 Å². The average molecular weight is 502 g/mol. The van der Waals surface area contributed by atoms with Crippen LogP contribution in [0.15, 0.2) is 29.2 Å². The second-order valence-electron chi connectivity index (χ2n) is 10.9. The Kier molecular flexibility index (Phi) is 11.4. The van der Waals surface area contributed by atoms with Gasteiger partial charge in [-0.15, -0.1) is 0 Å². The summed E-state index contributed by atoms with van der Waals surface area (Å²) in [5.41, 5.74) is 10.4. The van der Waals surface area contributed by atoms with Gasteiger partial charge in [0.1, 0.15) is 5.54 Å². The van der Waals surface area contributed by atoms with Crippen molar-refractivity contribution in [3.63, 3.8) is 0 Å². The Balaban J connectivity index is 0.000000544. The van der Waals surface area contributed by atoms with E-state index >= 15 is 0 Å². The van der Waals surface area contributed by atoms with E-state index in [4.69, 9.17) is 21.7 Å². The number of hydrogen-bond donors (Lipinski definition) is 4. The molecule has 1 unspecified atom stereocenters. The lowest BCUT2D eigenvalue weighted by atomic mass is 9.90. The summed E-state index contributed by atoms with van der Waals surface area (Å²) in [6.07, 6.45) is 0. The van der Waals surface area contributed by atoms with E-state index in [0.29, 0.717) is 23.3 Å². The lowest BCUT2D eigenvalue weighted by Crippen LogP contribution is -2.49. The fourth-order valence-corrected chi connectivity index (χ4v) is 4.28. The maximum atomic E-state index is 12.4. The summed E-state index contributed by atoms with van der Waals surface area (Å²) in [5.74, 6) is -0.303. The van der Waals surface area contributed by atoms with Crippen molar-refractivity contribution in [3.05, 3.63) is 29.8 Å². The molecule has 0 bridgehead atoms. The number of aliphatic carboxylic acids is 1. The molecule has 1 aromatic rings. The highest BCUT2D eigenvalue weighted by atomic mass is 32.2. The molecule has 1 aromatic carbocycles. The Labute approximate surface area is 206 Å². The van der Waals surface area contributed by atoms with Crippen LogP contribution < -0.4 is 11.5 Å². The van der Waals surface area contributed by atoms with Crippen molar-refractivity contribution in [1.29, 1.82) is 0 Å². The van der Waals surface area contributed by atoms with E-state index in [2.05, 4.69) is 13.8 Å². The molecule has 0 amide bonds. The number of nitrogens with zero attached hydrogens (tertiary/aromatic N) is 1. The van der Waals surface area contributed by atoms with Gasteiger partial charge >= 0.3 is 5.97 Å². The molecule has 1 fully saturated rings. The fraction of sp³-hybridized carbons (Fsp3) is 0.720. The SMILES string of the molecule is CC(C)[C@](C)(N)C(=O)O.CC(C)[C@](C)(N)CO.Cc1ccc(S(=O)(=O)N2C[C@]2(C)C(C)C)cc1. The molecule has 34 heavy (non-hydrogen) atoms. The Morgan fingerprint density at radius 3 is 1.71 bits per heavy atom. The molecule has 1 aliphatic rings. The summed E-state index contributed by atoms with van der Waals surface area (Å²) in [7, 11) is -3.30. The minimum atomic E-state index is -3.30. The number of carboxylic acids is 1. The first kappa shape index (κ1) is 32.5. The third kappa shape index (κ3) is 8.30. The molecule has 0 radical (unpaired) electrons. The predicted molar refractivity (Wildman–Crippen MR) is 138 cm³/mol. The second-order valence-corrected chi connectivity index (χ2v) is 12.8. The summed E-state index contributed by atoms with van der Waals surface area (Å²) in [6.45, 7) is 19.7. The highest BCUT2D eigenvalue weighted by molar-refractivity contribution is 7.89. The molecule has 6 N–H and O–H groups in total. The van der Waals surface area contributed by atoms with E-state index in [1.165, 1.54) is 6.92 Å². The topological polar surface area (TPSA) is 147 Å². The van der Waals surface area contributed by atoms with Gasteiger partial charge in [0.25, 0.3) is 0 Å². The van der Waals surface area contributed by atoms with Gasteiger partial charge in [0.05, 0.1) is 11.5 Å². The van der Waals surface area contributed by atoms with Crippen molar-refractivity contribution >= 4 is 16.0 Å². The highest BCUT2D eigenvalue weighted by Crippen LogP contribution is 2.43. The molecule has 2 rings (SSSR count).